The summed E-state index contributed by atoms with van der Waals surface area (Å²) < 4.78 is 5.45. The van der Waals surface area contributed by atoms with Crippen LogP contribution in [0.2, 0.25) is 0 Å². The van der Waals surface area contributed by atoms with Crippen molar-refractivity contribution in [1.82, 2.24) is 4.90 Å². The number of hydrogen-bond acceptors (Lipinski definition) is 4. The molecule has 0 aliphatic carbocycles. The van der Waals surface area contributed by atoms with Crippen molar-refractivity contribution in [3.8, 4) is 5.75 Å². The van der Waals surface area contributed by atoms with Gasteiger partial charge in [0.25, 0.3) is 11.8 Å². The lowest BCUT2D eigenvalue weighted by Crippen LogP contribution is -2.49. The van der Waals surface area contributed by atoms with Gasteiger partial charge in [-0.25, -0.2) is 0 Å². The van der Waals surface area contributed by atoms with E-state index in [0.29, 0.717) is 30.1 Å². The first kappa shape index (κ1) is 18.3. The van der Waals surface area contributed by atoms with Gasteiger partial charge in [0.15, 0.2) is 6.61 Å². The Morgan fingerprint density at radius 3 is 2.46 bits per heavy atom. The number of carbonyl (C=O) groups excluding carboxylic acids is 2. The maximum atomic E-state index is 13.0. The molecule has 4 rings (SSSR count). The molecule has 6 nitrogen and oxygen atoms in total. The Bertz CT molecular complexity index is 933. The van der Waals surface area contributed by atoms with E-state index in [-0.39, 0.29) is 18.4 Å². The van der Waals surface area contributed by atoms with Crippen LogP contribution in [0.25, 0.3) is 0 Å². The number of benzene rings is 2. The highest BCUT2D eigenvalue weighted by molar-refractivity contribution is 6.01. The molecule has 2 aliphatic rings. The molecule has 2 heterocycles. The number of amides is 2. The summed E-state index contributed by atoms with van der Waals surface area (Å²) >= 11 is 0. The smallest absolute Gasteiger partial charge is 0.264 e. The van der Waals surface area contributed by atoms with Crippen LogP contribution in [0.3, 0.4) is 0 Å². The highest BCUT2D eigenvalue weighted by atomic mass is 16.5. The van der Waals surface area contributed by atoms with Crippen molar-refractivity contribution in [3.63, 3.8) is 0 Å². The Labute approximate surface area is 165 Å². The van der Waals surface area contributed by atoms with Gasteiger partial charge >= 0.3 is 0 Å². The molecule has 0 aromatic heterocycles. The van der Waals surface area contributed by atoms with Crippen molar-refractivity contribution in [2.45, 2.75) is 13.8 Å². The summed E-state index contributed by atoms with van der Waals surface area (Å²) in [4.78, 5) is 30.6. The molecule has 6 heteroatoms. The fourth-order valence-electron chi connectivity index (χ4n) is 3.80. The second kappa shape index (κ2) is 7.19. The summed E-state index contributed by atoms with van der Waals surface area (Å²) in [5.74, 6) is 0.521. The summed E-state index contributed by atoms with van der Waals surface area (Å²) in [6.45, 7) is 7.23. The van der Waals surface area contributed by atoms with Crippen LogP contribution in [0.4, 0.5) is 11.4 Å². The number of rotatable bonds is 2. The molecule has 0 unspecified atom stereocenters. The SMILES string of the molecule is Cc1ccc(C)c(N2CCN(C(=O)c3ccc4c(c3)N(C)C(=O)CO4)CC2)c1. The van der Waals surface area contributed by atoms with Crippen molar-refractivity contribution in [1.29, 1.82) is 0 Å². The average Bonchev–Trinajstić information content (AvgIpc) is 2.72. The topological polar surface area (TPSA) is 53.1 Å². The third-order valence-electron chi connectivity index (χ3n) is 5.56. The first-order valence-corrected chi connectivity index (χ1v) is 9.59. The Hall–Kier alpha value is -3.02. The van der Waals surface area contributed by atoms with E-state index in [0.717, 1.165) is 13.1 Å². The molecule has 0 bridgehead atoms. The monoisotopic (exact) mass is 379 g/mol. The largest absolute Gasteiger partial charge is 0.482 e. The van der Waals surface area contributed by atoms with E-state index in [2.05, 4.69) is 36.9 Å². The van der Waals surface area contributed by atoms with Crippen LogP contribution in [0, 0.1) is 13.8 Å². The molecule has 2 amide bonds. The molecule has 0 N–H and O–H groups in total. The number of carbonyl (C=O) groups is 2. The van der Waals surface area contributed by atoms with E-state index in [1.807, 2.05) is 4.90 Å². The molecule has 2 aromatic carbocycles. The first-order chi connectivity index (χ1) is 13.4. The zero-order chi connectivity index (χ0) is 19.8. The van der Waals surface area contributed by atoms with Crippen LogP contribution in [-0.4, -0.2) is 56.5 Å². The highest BCUT2D eigenvalue weighted by Gasteiger charge is 2.26. The minimum Gasteiger partial charge on any atom is -0.482 e. The van der Waals surface area contributed by atoms with Crippen molar-refractivity contribution < 1.29 is 14.3 Å². The Morgan fingerprint density at radius 2 is 1.71 bits per heavy atom. The molecular weight excluding hydrogens is 354 g/mol. The van der Waals surface area contributed by atoms with Gasteiger partial charge < -0.3 is 19.4 Å². The van der Waals surface area contributed by atoms with E-state index in [9.17, 15) is 9.59 Å². The van der Waals surface area contributed by atoms with Gasteiger partial charge in [-0.2, -0.15) is 0 Å². The predicted molar refractivity (Wildman–Crippen MR) is 109 cm³/mol. The van der Waals surface area contributed by atoms with Crippen LogP contribution in [0.5, 0.6) is 5.75 Å². The highest BCUT2D eigenvalue weighted by Crippen LogP contribution is 2.32. The van der Waals surface area contributed by atoms with E-state index < -0.39 is 0 Å². The maximum Gasteiger partial charge on any atom is 0.264 e. The maximum absolute atomic E-state index is 13.0. The van der Waals surface area contributed by atoms with Crippen molar-refractivity contribution in [3.05, 3.63) is 53.1 Å². The summed E-state index contributed by atoms with van der Waals surface area (Å²) in [6, 6.07) is 11.8. The number of ether oxygens (including phenoxy) is 1. The summed E-state index contributed by atoms with van der Waals surface area (Å²) in [5.41, 5.74) is 4.99. The molecule has 28 heavy (non-hydrogen) atoms. The van der Waals surface area contributed by atoms with Crippen LogP contribution in [-0.2, 0) is 4.79 Å². The summed E-state index contributed by atoms with van der Waals surface area (Å²) in [7, 11) is 1.71. The van der Waals surface area contributed by atoms with E-state index in [4.69, 9.17) is 4.74 Å². The standard InChI is InChI=1S/C22H25N3O3/c1-15-4-5-16(2)18(12-15)24-8-10-25(11-9-24)22(27)17-6-7-20-19(13-17)23(3)21(26)14-28-20/h4-7,12-13H,8-11,14H2,1-3H3. The molecule has 2 aliphatic heterocycles. The number of piperazine rings is 1. The van der Waals surface area contributed by atoms with Crippen LogP contribution < -0.4 is 14.5 Å². The second-order valence-corrected chi connectivity index (χ2v) is 7.49. The summed E-state index contributed by atoms with van der Waals surface area (Å²) in [6.07, 6.45) is 0. The third-order valence-corrected chi connectivity index (χ3v) is 5.56. The fraction of sp³-hybridized carbons (Fsp3) is 0.364. The molecule has 0 saturated carbocycles. The van der Waals surface area contributed by atoms with E-state index in [1.54, 1.807) is 30.1 Å². The number of likely N-dealkylation sites (N-methyl/N-ethyl adjacent to an activating group) is 1. The zero-order valence-corrected chi connectivity index (χ0v) is 16.6. The van der Waals surface area contributed by atoms with Crippen LogP contribution in [0.1, 0.15) is 21.5 Å². The Morgan fingerprint density at radius 1 is 0.964 bits per heavy atom. The van der Waals surface area contributed by atoms with Crippen molar-refractivity contribution in [2.75, 3.05) is 49.6 Å². The molecule has 0 atom stereocenters. The molecule has 1 fully saturated rings. The van der Waals surface area contributed by atoms with Gasteiger partial charge in [0.05, 0.1) is 5.69 Å². The van der Waals surface area contributed by atoms with Gasteiger partial charge in [0.2, 0.25) is 0 Å². The lowest BCUT2D eigenvalue weighted by Gasteiger charge is -2.37. The van der Waals surface area contributed by atoms with Crippen molar-refractivity contribution >= 4 is 23.2 Å². The molecule has 2 aromatic rings. The van der Waals surface area contributed by atoms with Gasteiger partial charge in [-0.15, -0.1) is 0 Å². The minimum absolute atomic E-state index is 0.00478. The Balaban J connectivity index is 1.47. The van der Waals surface area contributed by atoms with Gasteiger partial charge in [-0.05, 0) is 49.2 Å². The van der Waals surface area contributed by atoms with Gasteiger partial charge in [0.1, 0.15) is 5.75 Å². The average molecular weight is 379 g/mol. The molecule has 0 spiro atoms. The lowest BCUT2D eigenvalue weighted by molar-refractivity contribution is -0.120. The third kappa shape index (κ3) is 3.30. The second-order valence-electron chi connectivity index (χ2n) is 7.49. The normalized spacial score (nSPS) is 16.7. The summed E-state index contributed by atoms with van der Waals surface area (Å²) in [5, 5.41) is 0. The predicted octanol–water partition coefficient (Wildman–Crippen LogP) is 2.62. The number of anilines is 2. The number of fused-ring (bicyclic) bond motifs is 1. The van der Waals surface area contributed by atoms with Crippen LogP contribution in [0.15, 0.2) is 36.4 Å². The van der Waals surface area contributed by atoms with Crippen molar-refractivity contribution in [2.24, 2.45) is 0 Å². The number of hydrogen-bond donors (Lipinski definition) is 0. The Kier molecular flexibility index (Phi) is 4.71. The molecule has 0 radical (unpaired) electrons. The van der Waals surface area contributed by atoms with Gasteiger partial charge in [-0.3, -0.25) is 9.59 Å². The minimum atomic E-state index is -0.112. The molecule has 1 saturated heterocycles. The quantitative estimate of drug-likeness (QED) is 0.805. The van der Waals surface area contributed by atoms with E-state index >= 15 is 0 Å². The zero-order valence-electron chi connectivity index (χ0n) is 16.6. The molecule has 146 valence electrons. The first-order valence-electron chi connectivity index (χ1n) is 9.59. The molecular formula is C22H25N3O3. The fourth-order valence-corrected chi connectivity index (χ4v) is 3.80. The van der Waals surface area contributed by atoms with Crippen LogP contribution >= 0.6 is 0 Å². The van der Waals surface area contributed by atoms with Gasteiger partial charge in [-0.1, -0.05) is 12.1 Å². The number of aryl methyl sites for hydroxylation is 2. The number of nitrogens with zero attached hydrogens (tertiary/aromatic N) is 3. The lowest BCUT2D eigenvalue weighted by atomic mass is 10.1. The van der Waals surface area contributed by atoms with Gasteiger partial charge in [0, 0.05) is 44.5 Å². The van der Waals surface area contributed by atoms with E-state index in [1.165, 1.54) is 16.8 Å².